The van der Waals surface area contributed by atoms with Gasteiger partial charge in [0.25, 0.3) is 0 Å². The number of nitrogens with zero attached hydrogens (tertiary/aromatic N) is 2. The van der Waals surface area contributed by atoms with Gasteiger partial charge in [0.15, 0.2) is 0 Å². The lowest BCUT2D eigenvalue weighted by Gasteiger charge is -2.13. The number of nitrogens with two attached hydrogens (primary N) is 1. The molecule has 20 heavy (non-hydrogen) atoms. The number of aryl methyl sites for hydroxylation is 2. The summed E-state index contributed by atoms with van der Waals surface area (Å²) in [5.41, 5.74) is 3.66. The van der Waals surface area contributed by atoms with Gasteiger partial charge in [0.1, 0.15) is 0 Å². The average molecular weight is 294 g/mol. The molecule has 0 aliphatic heterocycles. The van der Waals surface area contributed by atoms with E-state index in [4.69, 9.17) is 5.14 Å². The summed E-state index contributed by atoms with van der Waals surface area (Å²) < 4.78 is 24.6. The largest absolute Gasteiger partial charge is 0.381 e. The van der Waals surface area contributed by atoms with Gasteiger partial charge in [-0.3, -0.25) is 4.68 Å². The SMILES string of the molecule is Cc1cc(S(N)(=O)=O)cc(NCc2cnn(C)c2)c1C. The summed E-state index contributed by atoms with van der Waals surface area (Å²) in [5, 5.41) is 12.5. The van der Waals surface area contributed by atoms with Crippen molar-refractivity contribution in [1.29, 1.82) is 0 Å². The number of hydrogen-bond donors (Lipinski definition) is 2. The van der Waals surface area contributed by atoms with Crippen LogP contribution in [0.4, 0.5) is 5.69 Å². The number of primary sulfonamides is 1. The Morgan fingerprint density at radius 1 is 1.35 bits per heavy atom. The zero-order valence-corrected chi connectivity index (χ0v) is 12.5. The number of rotatable bonds is 4. The lowest BCUT2D eigenvalue weighted by Crippen LogP contribution is -2.13. The van der Waals surface area contributed by atoms with Crippen molar-refractivity contribution in [3.8, 4) is 0 Å². The van der Waals surface area contributed by atoms with Gasteiger partial charge >= 0.3 is 0 Å². The van der Waals surface area contributed by atoms with Gasteiger partial charge in [-0.05, 0) is 37.1 Å². The Balaban J connectivity index is 2.29. The normalized spacial score (nSPS) is 11.6. The summed E-state index contributed by atoms with van der Waals surface area (Å²) in [6.45, 7) is 4.37. The molecule has 0 bridgehead atoms. The molecule has 2 rings (SSSR count). The maximum Gasteiger partial charge on any atom is 0.238 e. The molecular formula is C13H18N4O2S. The molecular weight excluding hydrogens is 276 g/mol. The van der Waals surface area contributed by atoms with E-state index in [0.29, 0.717) is 6.54 Å². The van der Waals surface area contributed by atoms with Crippen LogP contribution in [0.3, 0.4) is 0 Å². The van der Waals surface area contributed by atoms with E-state index in [1.165, 1.54) is 0 Å². The van der Waals surface area contributed by atoms with Crippen LogP contribution in [0, 0.1) is 13.8 Å². The highest BCUT2D eigenvalue weighted by molar-refractivity contribution is 7.89. The topological polar surface area (TPSA) is 90.0 Å². The summed E-state index contributed by atoms with van der Waals surface area (Å²) in [5.74, 6) is 0. The fourth-order valence-electron chi connectivity index (χ4n) is 1.93. The van der Waals surface area contributed by atoms with Crippen LogP contribution in [0.2, 0.25) is 0 Å². The molecule has 7 heteroatoms. The minimum atomic E-state index is -3.70. The minimum Gasteiger partial charge on any atom is -0.381 e. The van der Waals surface area contributed by atoms with Crippen molar-refractivity contribution in [1.82, 2.24) is 9.78 Å². The van der Waals surface area contributed by atoms with Gasteiger partial charge in [-0.25, -0.2) is 13.6 Å². The van der Waals surface area contributed by atoms with Gasteiger partial charge in [0, 0.05) is 31.0 Å². The number of sulfonamides is 1. The number of nitrogens with one attached hydrogen (secondary N) is 1. The molecule has 0 atom stereocenters. The molecule has 3 N–H and O–H groups in total. The van der Waals surface area contributed by atoms with Gasteiger partial charge in [0.2, 0.25) is 10.0 Å². The summed E-state index contributed by atoms with van der Waals surface area (Å²) >= 11 is 0. The van der Waals surface area contributed by atoms with E-state index in [-0.39, 0.29) is 4.90 Å². The van der Waals surface area contributed by atoms with Crippen molar-refractivity contribution in [3.05, 3.63) is 41.2 Å². The van der Waals surface area contributed by atoms with Crippen LogP contribution >= 0.6 is 0 Å². The van der Waals surface area contributed by atoms with Crippen molar-refractivity contribution >= 4 is 15.7 Å². The second-order valence-electron chi connectivity index (χ2n) is 4.83. The van der Waals surface area contributed by atoms with E-state index < -0.39 is 10.0 Å². The van der Waals surface area contributed by atoms with Gasteiger partial charge in [-0.2, -0.15) is 5.10 Å². The van der Waals surface area contributed by atoms with Crippen LogP contribution in [0.25, 0.3) is 0 Å². The van der Waals surface area contributed by atoms with Crippen LogP contribution in [0.15, 0.2) is 29.4 Å². The van der Waals surface area contributed by atoms with Gasteiger partial charge in [-0.15, -0.1) is 0 Å². The average Bonchev–Trinajstić information content (AvgIpc) is 2.75. The molecule has 0 radical (unpaired) electrons. The Morgan fingerprint density at radius 3 is 2.60 bits per heavy atom. The van der Waals surface area contributed by atoms with Crippen molar-refractivity contribution in [2.45, 2.75) is 25.3 Å². The van der Waals surface area contributed by atoms with Crippen LogP contribution < -0.4 is 10.5 Å². The lowest BCUT2D eigenvalue weighted by molar-refractivity contribution is 0.597. The molecule has 0 fully saturated rings. The van der Waals surface area contributed by atoms with Crippen molar-refractivity contribution in [2.75, 3.05) is 5.32 Å². The molecule has 0 aliphatic rings. The third-order valence-electron chi connectivity index (χ3n) is 3.21. The summed E-state index contributed by atoms with van der Waals surface area (Å²) in [6.07, 6.45) is 3.66. The predicted molar refractivity (Wildman–Crippen MR) is 77.8 cm³/mol. The molecule has 0 spiro atoms. The van der Waals surface area contributed by atoms with Gasteiger partial charge in [-0.1, -0.05) is 0 Å². The third kappa shape index (κ3) is 3.17. The second-order valence-corrected chi connectivity index (χ2v) is 6.39. The molecule has 1 heterocycles. The molecule has 2 aromatic rings. The lowest BCUT2D eigenvalue weighted by atomic mass is 10.1. The molecule has 0 saturated carbocycles. The maximum absolute atomic E-state index is 11.5. The molecule has 0 unspecified atom stereocenters. The van der Waals surface area contributed by atoms with E-state index in [0.717, 1.165) is 22.4 Å². The Bertz CT molecular complexity index is 735. The second kappa shape index (κ2) is 5.26. The monoisotopic (exact) mass is 294 g/mol. The number of aromatic nitrogens is 2. The van der Waals surface area contributed by atoms with E-state index in [1.54, 1.807) is 23.0 Å². The Morgan fingerprint density at radius 2 is 2.05 bits per heavy atom. The highest BCUT2D eigenvalue weighted by atomic mass is 32.2. The Labute approximate surface area is 118 Å². The van der Waals surface area contributed by atoms with Crippen molar-refractivity contribution in [2.24, 2.45) is 12.2 Å². The third-order valence-corrected chi connectivity index (χ3v) is 4.10. The van der Waals surface area contributed by atoms with Crippen LogP contribution in [-0.4, -0.2) is 18.2 Å². The first-order valence-corrected chi connectivity index (χ1v) is 7.67. The molecule has 6 nitrogen and oxygen atoms in total. The Kier molecular flexibility index (Phi) is 3.82. The fourth-order valence-corrected chi connectivity index (χ4v) is 2.56. The molecule has 0 amide bonds. The van der Waals surface area contributed by atoms with Gasteiger partial charge < -0.3 is 5.32 Å². The van der Waals surface area contributed by atoms with Gasteiger partial charge in [0.05, 0.1) is 11.1 Å². The smallest absolute Gasteiger partial charge is 0.238 e. The maximum atomic E-state index is 11.5. The van der Waals surface area contributed by atoms with E-state index in [2.05, 4.69) is 10.4 Å². The molecule has 108 valence electrons. The quantitative estimate of drug-likeness (QED) is 0.889. The number of benzene rings is 1. The van der Waals surface area contributed by atoms with E-state index in [9.17, 15) is 8.42 Å². The van der Waals surface area contributed by atoms with Crippen molar-refractivity contribution < 1.29 is 8.42 Å². The minimum absolute atomic E-state index is 0.120. The first-order valence-electron chi connectivity index (χ1n) is 6.13. The highest BCUT2D eigenvalue weighted by Crippen LogP contribution is 2.24. The first-order chi connectivity index (χ1) is 9.27. The van der Waals surface area contributed by atoms with E-state index in [1.807, 2.05) is 27.1 Å². The summed E-state index contributed by atoms with van der Waals surface area (Å²) in [7, 11) is -1.85. The van der Waals surface area contributed by atoms with Crippen molar-refractivity contribution in [3.63, 3.8) is 0 Å². The summed E-state index contributed by atoms with van der Waals surface area (Å²) in [6, 6.07) is 3.15. The Hall–Kier alpha value is -1.86. The molecule has 0 aliphatic carbocycles. The van der Waals surface area contributed by atoms with Crippen LogP contribution in [0.5, 0.6) is 0 Å². The molecule has 1 aromatic carbocycles. The molecule has 0 saturated heterocycles. The van der Waals surface area contributed by atoms with Crippen LogP contribution in [-0.2, 0) is 23.6 Å². The standard InChI is InChI=1S/C13H18N4O2S/c1-9-4-12(20(14,18)19)5-13(10(9)2)15-6-11-7-16-17(3)8-11/h4-5,7-8,15H,6H2,1-3H3,(H2,14,18,19). The zero-order chi connectivity index (χ0) is 14.9. The number of hydrogen-bond acceptors (Lipinski definition) is 4. The zero-order valence-electron chi connectivity index (χ0n) is 11.7. The summed E-state index contributed by atoms with van der Waals surface area (Å²) in [4.78, 5) is 0.120. The van der Waals surface area contributed by atoms with E-state index >= 15 is 0 Å². The molecule has 1 aromatic heterocycles. The van der Waals surface area contributed by atoms with Crippen LogP contribution in [0.1, 0.15) is 16.7 Å². The fraction of sp³-hybridized carbons (Fsp3) is 0.308. The first kappa shape index (κ1) is 14.5. The number of anilines is 1. The predicted octanol–water partition coefficient (Wildman–Crippen LogP) is 1.30. The highest BCUT2D eigenvalue weighted by Gasteiger charge is 2.12.